The molecule has 0 amide bonds. The number of aromatic nitrogens is 1. The minimum absolute atomic E-state index is 0.373. The summed E-state index contributed by atoms with van der Waals surface area (Å²) in [5.74, 6) is 8.09. The number of aryl methyl sites for hydroxylation is 3. The standard InChI is InChI=1S/C26H28NO2/c1-21-11-15-25(16-12-21)28-19-5-9-23-7-4-8-24(27(23)3)10-6-20-29-26-17-13-22(2)14-18-26/h4,7-8,11-18H,5,9,19-20H2,1-3H3/q+1. The molecular weight excluding hydrogens is 358 g/mol. The molecule has 0 fully saturated rings. The van der Waals surface area contributed by atoms with E-state index in [0.29, 0.717) is 13.2 Å². The van der Waals surface area contributed by atoms with Crippen LogP contribution in [0.2, 0.25) is 0 Å². The van der Waals surface area contributed by atoms with Crippen LogP contribution in [0.5, 0.6) is 11.5 Å². The van der Waals surface area contributed by atoms with E-state index in [-0.39, 0.29) is 0 Å². The van der Waals surface area contributed by atoms with Crippen molar-refractivity contribution in [2.75, 3.05) is 13.2 Å². The Kier molecular flexibility index (Phi) is 7.30. The van der Waals surface area contributed by atoms with Crippen molar-refractivity contribution in [2.24, 2.45) is 7.05 Å². The summed E-state index contributed by atoms with van der Waals surface area (Å²) in [6, 6.07) is 22.4. The number of pyridine rings is 1. The summed E-state index contributed by atoms with van der Waals surface area (Å²) in [6.07, 6.45) is 1.90. The van der Waals surface area contributed by atoms with Gasteiger partial charge in [0.25, 0.3) is 5.69 Å². The lowest BCUT2D eigenvalue weighted by Gasteiger charge is -2.06. The Morgan fingerprint density at radius 1 is 0.793 bits per heavy atom. The molecule has 3 rings (SSSR count). The van der Waals surface area contributed by atoms with Gasteiger partial charge < -0.3 is 9.47 Å². The van der Waals surface area contributed by atoms with E-state index >= 15 is 0 Å². The highest BCUT2D eigenvalue weighted by molar-refractivity contribution is 5.28. The molecule has 0 radical (unpaired) electrons. The monoisotopic (exact) mass is 386 g/mol. The minimum atomic E-state index is 0.373. The van der Waals surface area contributed by atoms with E-state index in [2.05, 4.69) is 61.6 Å². The highest BCUT2D eigenvalue weighted by Crippen LogP contribution is 2.12. The number of ether oxygens (including phenoxy) is 2. The van der Waals surface area contributed by atoms with E-state index in [1.54, 1.807) is 0 Å². The van der Waals surface area contributed by atoms with E-state index in [1.807, 2.05) is 42.5 Å². The van der Waals surface area contributed by atoms with Gasteiger partial charge in [0.05, 0.1) is 6.61 Å². The van der Waals surface area contributed by atoms with Crippen molar-refractivity contribution in [1.29, 1.82) is 0 Å². The first kappa shape index (κ1) is 20.5. The molecule has 0 atom stereocenters. The first-order valence-corrected chi connectivity index (χ1v) is 9.97. The average Bonchev–Trinajstić information content (AvgIpc) is 2.73. The van der Waals surface area contributed by atoms with Crippen LogP contribution < -0.4 is 14.0 Å². The highest BCUT2D eigenvalue weighted by Gasteiger charge is 2.10. The lowest BCUT2D eigenvalue weighted by molar-refractivity contribution is -0.681. The van der Waals surface area contributed by atoms with Crippen LogP contribution >= 0.6 is 0 Å². The normalized spacial score (nSPS) is 10.2. The van der Waals surface area contributed by atoms with Crippen molar-refractivity contribution in [2.45, 2.75) is 26.7 Å². The minimum Gasteiger partial charge on any atom is -0.494 e. The third-order valence-electron chi connectivity index (χ3n) is 4.75. The van der Waals surface area contributed by atoms with Gasteiger partial charge in [0, 0.05) is 24.5 Å². The highest BCUT2D eigenvalue weighted by atomic mass is 16.5. The number of hydrogen-bond donors (Lipinski definition) is 0. The molecular formula is C26H28NO2+. The predicted molar refractivity (Wildman–Crippen MR) is 116 cm³/mol. The van der Waals surface area contributed by atoms with E-state index in [9.17, 15) is 0 Å². The van der Waals surface area contributed by atoms with Crippen molar-refractivity contribution in [3.63, 3.8) is 0 Å². The quantitative estimate of drug-likeness (QED) is 0.337. The maximum absolute atomic E-state index is 5.83. The van der Waals surface area contributed by atoms with Crippen molar-refractivity contribution >= 4 is 0 Å². The van der Waals surface area contributed by atoms with Gasteiger partial charge in [-0.2, -0.15) is 4.57 Å². The molecule has 0 N–H and O–H groups in total. The first-order chi connectivity index (χ1) is 14.1. The van der Waals surface area contributed by atoms with Gasteiger partial charge in [-0.3, -0.25) is 0 Å². The van der Waals surface area contributed by atoms with Crippen molar-refractivity contribution < 1.29 is 14.0 Å². The molecule has 3 heteroatoms. The van der Waals surface area contributed by atoms with Crippen LogP contribution in [-0.2, 0) is 13.5 Å². The van der Waals surface area contributed by atoms with Crippen LogP contribution in [-0.4, -0.2) is 13.2 Å². The second-order valence-corrected chi connectivity index (χ2v) is 7.13. The molecule has 2 aromatic carbocycles. The Balaban J connectivity index is 1.49. The molecule has 0 aliphatic carbocycles. The second kappa shape index (κ2) is 10.3. The van der Waals surface area contributed by atoms with E-state index < -0.39 is 0 Å². The summed E-state index contributed by atoms with van der Waals surface area (Å²) in [5.41, 5.74) is 4.68. The summed E-state index contributed by atoms with van der Waals surface area (Å²) < 4.78 is 13.7. The topological polar surface area (TPSA) is 22.3 Å². The lowest BCUT2D eigenvalue weighted by atomic mass is 10.2. The smallest absolute Gasteiger partial charge is 0.256 e. The Hall–Kier alpha value is -3.25. The molecule has 148 valence electrons. The van der Waals surface area contributed by atoms with E-state index in [4.69, 9.17) is 9.47 Å². The average molecular weight is 387 g/mol. The zero-order chi connectivity index (χ0) is 20.5. The van der Waals surface area contributed by atoms with Gasteiger partial charge in [-0.15, -0.1) is 0 Å². The van der Waals surface area contributed by atoms with Gasteiger partial charge in [0.2, 0.25) is 0 Å². The Morgan fingerprint density at radius 3 is 2.07 bits per heavy atom. The Morgan fingerprint density at radius 2 is 1.41 bits per heavy atom. The molecule has 0 spiro atoms. The second-order valence-electron chi connectivity index (χ2n) is 7.13. The lowest BCUT2D eigenvalue weighted by Crippen LogP contribution is -2.37. The predicted octanol–water partition coefficient (Wildman–Crippen LogP) is 4.57. The van der Waals surface area contributed by atoms with Gasteiger partial charge in [-0.1, -0.05) is 41.3 Å². The maximum Gasteiger partial charge on any atom is 0.256 e. The molecule has 0 saturated carbocycles. The van der Waals surface area contributed by atoms with Gasteiger partial charge >= 0.3 is 0 Å². The zero-order valence-electron chi connectivity index (χ0n) is 17.4. The van der Waals surface area contributed by atoms with Gasteiger partial charge in [0.1, 0.15) is 25.2 Å². The van der Waals surface area contributed by atoms with Gasteiger partial charge in [0.15, 0.2) is 5.69 Å². The summed E-state index contributed by atoms with van der Waals surface area (Å²) in [6.45, 7) is 5.21. The molecule has 1 heterocycles. The molecule has 0 saturated heterocycles. The molecule has 3 nitrogen and oxygen atoms in total. The molecule has 29 heavy (non-hydrogen) atoms. The summed E-state index contributed by atoms with van der Waals surface area (Å²) >= 11 is 0. The Bertz CT molecular complexity index is 980. The fourth-order valence-electron chi connectivity index (χ4n) is 2.96. The van der Waals surface area contributed by atoms with Gasteiger partial charge in [-0.05, 0) is 50.6 Å². The number of nitrogens with zero attached hydrogens (tertiary/aromatic N) is 1. The van der Waals surface area contributed by atoms with Crippen LogP contribution in [0.25, 0.3) is 0 Å². The summed E-state index contributed by atoms with van der Waals surface area (Å²) in [7, 11) is 2.06. The largest absolute Gasteiger partial charge is 0.494 e. The van der Waals surface area contributed by atoms with E-state index in [1.165, 1.54) is 16.8 Å². The van der Waals surface area contributed by atoms with Crippen LogP contribution in [0, 0.1) is 25.7 Å². The third kappa shape index (κ3) is 6.40. The first-order valence-electron chi connectivity index (χ1n) is 9.97. The molecule has 0 unspecified atom stereocenters. The molecule has 1 aromatic heterocycles. The van der Waals surface area contributed by atoms with Crippen molar-refractivity contribution in [3.05, 3.63) is 89.2 Å². The van der Waals surface area contributed by atoms with Gasteiger partial charge in [-0.25, -0.2) is 0 Å². The van der Waals surface area contributed by atoms with Crippen LogP contribution in [0.4, 0.5) is 0 Å². The van der Waals surface area contributed by atoms with E-state index in [0.717, 1.165) is 30.0 Å². The SMILES string of the molecule is Cc1ccc(OCC#Cc2cccc(CCCOc3ccc(C)cc3)[n+]2C)cc1. The number of rotatable bonds is 7. The third-order valence-corrected chi connectivity index (χ3v) is 4.75. The van der Waals surface area contributed by atoms with Crippen molar-refractivity contribution in [3.8, 4) is 23.3 Å². The fourth-order valence-corrected chi connectivity index (χ4v) is 2.96. The summed E-state index contributed by atoms with van der Waals surface area (Å²) in [4.78, 5) is 0. The number of hydrogen-bond acceptors (Lipinski definition) is 2. The van der Waals surface area contributed by atoms with Crippen LogP contribution in [0.15, 0.2) is 66.7 Å². The molecule has 3 aromatic rings. The van der Waals surface area contributed by atoms with Crippen LogP contribution in [0.3, 0.4) is 0 Å². The van der Waals surface area contributed by atoms with Crippen molar-refractivity contribution in [1.82, 2.24) is 0 Å². The fraction of sp³-hybridized carbons (Fsp3) is 0.269. The zero-order valence-corrected chi connectivity index (χ0v) is 17.4. The summed E-state index contributed by atoms with van der Waals surface area (Å²) in [5, 5.41) is 0. The number of benzene rings is 2. The van der Waals surface area contributed by atoms with Crippen LogP contribution in [0.1, 0.15) is 28.9 Å². The molecule has 0 aliphatic heterocycles. The molecule has 0 aliphatic rings. The Labute approximate surface area is 173 Å². The molecule has 0 bridgehead atoms. The maximum atomic E-state index is 5.83.